The predicted molar refractivity (Wildman–Crippen MR) is 65.2 cm³/mol. The number of carbonyl (C=O) groups excluding carboxylic acids is 1. The van der Waals surface area contributed by atoms with Gasteiger partial charge in [0.25, 0.3) is 0 Å². The van der Waals surface area contributed by atoms with Crippen molar-refractivity contribution in [3.8, 4) is 0 Å². The molecule has 3 aliphatic rings. The Hall–Kier alpha value is -0.570. The van der Waals surface area contributed by atoms with Gasteiger partial charge in [0.2, 0.25) is 0 Å². The van der Waals surface area contributed by atoms with Gasteiger partial charge in [0.1, 0.15) is 6.10 Å². The highest BCUT2D eigenvalue weighted by Crippen LogP contribution is 2.63. The van der Waals surface area contributed by atoms with Crippen molar-refractivity contribution in [2.45, 2.75) is 58.1 Å². The summed E-state index contributed by atoms with van der Waals surface area (Å²) in [5.41, 5.74) is 6.77. The first-order chi connectivity index (χ1) is 8.03. The van der Waals surface area contributed by atoms with Crippen LogP contribution in [0.3, 0.4) is 0 Å². The molecule has 2 bridgehead atoms. The van der Waals surface area contributed by atoms with Gasteiger partial charge in [-0.15, -0.1) is 0 Å². The van der Waals surface area contributed by atoms with Gasteiger partial charge in [-0.2, -0.15) is 0 Å². The molecule has 0 amide bonds. The van der Waals surface area contributed by atoms with E-state index >= 15 is 0 Å². The van der Waals surface area contributed by atoms with Gasteiger partial charge in [-0.3, -0.25) is 4.79 Å². The van der Waals surface area contributed by atoms with Gasteiger partial charge in [-0.25, -0.2) is 0 Å². The molecule has 17 heavy (non-hydrogen) atoms. The highest BCUT2D eigenvalue weighted by molar-refractivity contribution is 5.66. The van der Waals surface area contributed by atoms with E-state index < -0.39 is 0 Å². The largest absolute Gasteiger partial charge is 0.462 e. The summed E-state index contributed by atoms with van der Waals surface area (Å²) in [7, 11) is 0. The van der Waals surface area contributed by atoms with Crippen molar-refractivity contribution in [1.82, 2.24) is 0 Å². The molecule has 0 saturated heterocycles. The Bertz CT molecular complexity index is 339. The molecule has 0 aromatic carbocycles. The molecule has 2 N–H and O–H groups in total. The molecule has 3 fully saturated rings. The lowest BCUT2D eigenvalue weighted by Gasteiger charge is -2.39. The second-order valence-corrected chi connectivity index (χ2v) is 6.56. The molecule has 6 atom stereocenters. The number of fused-ring (bicyclic) bond motifs is 3. The highest BCUT2D eigenvalue weighted by Gasteiger charge is 2.61. The van der Waals surface area contributed by atoms with Gasteiger partial charge in [0, 0.05) is 13.0 Å². The molecule has 0 radical (unpaired) electrons. The summed E-state index contributed by atoms with van der Waals surface area (Å²) < 4.78 is 5.47. The Morgan fingerprint density at radius 3 is 2.71 bits per heavy atom. The van der Waals surface area contributed by atoms with Gasteiger partial charge in [-0.05, 0) is 55.3 Å². The van der Waals surface area contributed by atoms with E-state index in [1.165, 1.54) is 26.2 Å². The van der Waals surface area contributed by atoms with E-state index in [1.807, 2.05) is 0 Å². The number of esters is 1. The van der Waals surface area contributed by atoms with Crippen LogP contribution in [0.4, 0.5) is 0 Å². The first-order valence-electron chi connectivity index (χ1n) is 6.96. The number of carbonyl (C=O) groups is 1. The molecular weight excluding hydrogens is 214 g/mol. The Balaban J connectivity index is 1.80. The minimum absolute atomic E-state index is 0.109. The third-order valence-electron chi connectivity index (χ3n) is 5.69. The summed E-state index contributed by atoms with van der Waals surface area (Å²) in [6, 6.07) is 0.351. The van der Waals surface area contributed by atoms with Crippen LogP contribution >= 0.6 is 0 Å². The van der Waals surface area contributed by atoms with E-state index in [4.69, 9.17) is 10.5 Å². The Morgan fingerprint density at radius 2 is 2.12 bits per heavy atom. The van der Waals surface area contributed by atoms with Gasteiger partial charge in [0.05, 0.1) is 0 Å². The van der Waals surface area contributed by atoms with E-state index in [9.17, 15) is 4.79 Å². The first-order valence-corrected chi connectivity index (χ1v) is 6.96. The smallest absolute Gasteiger partial charge is 0.302 e. The first kappa shape index (κ1) is 11.5. The molecule has 3 aliphatic carbocycles. The lowest BCUT2D eigenvalue weighted by molar-refractivity contribution is -0.148. The summed E-state index contributed by atoms with van der Waals surface area (Å²) in [4.78, 5) is 11.1. The number of hydrogen-bond donors (Lipinski definition) is 1. The lowest BCUT2D eigenvalue weighted by Crippen LogP contribution is -2.45. The third kappa shape index (κ3) is 1.55. The van der Waals surface area contributed by atoms with E-state index in [1.54, 1.807) is 0 Å². The summed E-state index contributed by atoms with van der Waals surface area (Å²) in [6.45, 7) is 3.72. The molecule has 3 rings (SSSR count). The second kappa shape index (κ2) is 3.71. The van der Waals surface area contributed by atoms with Crippen LogP contribution in [-0.4, -0.2) is 18.1 Å². The fourth-order valence-electron chi connectivity index (χ4n) is 4.97. The van der Waals surface area contributed by atoms with Crippen molar-refractivity contribution in [3.63, 3.8) is 0 Å². The monoisotopic (exact) mass is 237 g/mol. The number of hydrogen-bond acceptors (Lipinski definition) is 3. The fraction of sp³-hybridized carbons (Fsp3) is 0.929. The summed E-state index contributed by atoms with van der Waals surface area (Å²) in [6.07, 6.45) is 6.26. The molecule has 3 nitrogen and oxygen atoms in total. The summed E-state index contributed by atoms with van der Waals surface area (Å²) >= 11 is 0. The van der Waals surface area contributed by atoms with Crippen molar-refractivity contribution < 1.29 is 9.53 Å². The minimum atomic E-state index is -0.143. The van der Waals surface area contributed by atoms with Crippen LogP contribution in [0.5, 0.6) is 0 Å². The summed E-state index contributed by atoms with van der Waals surface area (Å²) in [5, 5.41) is 0. The Morgan fingerprint density at radius 1 is 1.35 bits per heavy atom. The number of rotatable bonds is 1. The molecule has 1 spiro atoms. The molecule has 96 valence electrons. The second-order valence-electron chi connectivity index (χ2n) is 6.56. The predicted octanol–water partition coefficient (Wildman–Crippen LogP) is 2.09. The zero-order chi connectivity index (χ0) is 12.2. The maximum Gasteiger partial charge on any atom is 0.302 e. The fourth-order valence-corrected chi connectivity index (χ4v) is 4.97. The van der Waals surface area contributed by atoms with Crippen molar-refractivity contribution in [3.05, 3.63) is 0 Å². The molecule has 0 aromatic heterocycles. The zero-order valence-electron chi connectivity index (χ0n) is 10.8. The van der Waals surface area contributed by atoms with Gasteiger partial charge >= 0.3 is 5.97 Å². The van der Waals surface area contributed by atoms with Crippen LogP contribution in [0.2, 0.25) is 0 Å². The Kier molecular flexibility index (Phi) is 2.51. The summed E-state index contributed by atoms with van der Waals surface area (Å²) in [5.74, 6) is 1.87. The SMILES string of the molecule is CC(=O)O[C@@H]1CC2(C[C@H]1C)C1CC[C@H](C1)[C@H]2N. The standard InChI is InChI=1S/C14H23NO2/c1-8-6-14(7-12(8)17-9(2)16)11-4-3-10(5-11)13(14)15/h8,10-13H,3-7,15H2,1-2H3/t8-,10-,11?,12-,13-,14?/m1/s1. The topological polar surface area (TPSA) is 52.3 Å². The Labute approximate surface area is 103 Å². The van der Waals surface area contributed by atoms with Crippen LogP contribution in [0, 0.1) is 23.2 Å². The number of ether oxygens (including phenoxy) is 1. The quantitative estimate of drug-likeness (QED) is 0.710. The van der Waals surface area contributed by atoms with Crippen molar-refractivity contribution in [1.29, 1.82) is 0 Å². The average Bonchev–Trinajstić information content (AvgIpc) is 2.87. The van der Waals surface area contributed by atoms with Gasteiger partial charge < -0.3 is 10.5 Å². The minimum Gasteiger partial charge on any atom is -0.462 e. The molecule has 3 saturated carbocycles. The van der Waals surface area contributed by atoms with E-state index in [0.29, 0.717) is 17.4 Å². The van der Waals surface area contributed by atoms with Crippen LogP contribution in [-0.2, 0) is 9.53 Å². The normalized spacial score (nSPS) is 52.3. The molecule has 2 unspecified atom stereocenters. The molecule has 3 heteroatoms. The van der Waals surface area contributed by atoms with E-state index in [0.717, 1.165) is 24.7 Å². The highest BCUT2D eigenvalue weighted by atomic mass is 16.5. The zero-order valence-corrected chi connectivity index (χ0v) is 10.8. The van der Waals surface area contributed by atoms with Crippen molar-refractivity contribution in [2.75, 3.05) is 0 Å². The average molecular weight is 237 g/mol. The van der Waals surface area contributed by atoms with Crippen molar-refractivity contribution >= 4 is 5.97 Å². The maximum atomic E-state index is 11.1. The molecule has 0 heterocycles. The molecular formula is C14H23NO2. The van der Waals surface area contributed by atoms with E-state index in [-0.39, 0.29) is 12.1 Å². The molecule has 0 aromatic rings. The van der Waals surface area contributed by atoms with Crippen molar-refractivity contribution in [2.24, 2.45) is 28.9 Å². The van der Waals surface area contributed by atoms with Gasteiger partial charge in [-0.1, -0.05) is 6.92 Å². The van der Waals surface area contributed by atoms with Crippen LogP contribution in [0.25, 0.3) is 0 Å². The van der Waals surface area contributed by atoms with E-state index in [2.05, 4.69) is 6.92 Å². The third-order valence-corrected chi connectivity index (χ3v) is 5.69. The maximum absolute atomic E-state index is 11.1. The van der Waals surface area contributed by atoms with Crippen LogP contribution in [0.15, 0.2) is 0 Å². The number of nitrogens with two attached hydrogens (primary N) is 1. The van der Waals surface area contributed by atoms with Crippen LogP contribution < -0.4 is 5.73 Å². The van der Waals surface area contributed by atoms with Crippen LogP contribution in [0.1, 0.15) is 46.0 Å². The molecule has 0 aliphatic heterocycles. The van der Waals surface area contributed by atoms with Gasteiger partial charge in [0.15, 0.2) is 0 Å². The lowest BCUT2D eigenvalue weighted by atomic mass is 9.68.